The van der Waals surface area contributed by atoms with Crippen molar-refractivity contribution in [3.63, 3.8) is 0 Å². The molecule has 66 valence electrons. The minimum absolute atomic E-state index is 2.00. The Kier molecular flexibility index (Phi) is 3.19. The molecule has 2 nitrogen and oxygen atoms in total. The minimum Gasteiger partial charge on any atom is -0.479 e. The van der Waals surface area contributed by atoms with Gasteiger partial charge in [-0.2, -0.15) is 0 Å². The van der Waals surface area contributed by atoms with Crippen LogP contribution in [0.15, 0.2) is 0 Å². The fraction of sp³-hybridized carbons (Fsp3) is 0.750. The Bertz CT molecular complexity index is 173. The lowest BCUT2D eigenvalue weighted by atomic mass is 10.2. The molecule has 0 aliphatic heterocycles. The fourth-order valence-electron chi connectivity index (χ4n) is 0.240. The lowest BCUT2D eigenvalue weighted by Gasteiger charge is -2.22. The van der Waals surface area contributed by atoms with Gasteiger partial charge in [-0.3, -0.25) is 0 Å². The number of alkyl halides is 5. The number of aliphatic carboxylic acids is 1. The highest BCUT2D eigenvalue weighted by Crippen LogP contribution is 2.40. The summed E-state index contributed by atoms with van der Waals surface area (Å²) in [5, 5.41) is 8.08. The second kappa shape index (κ2) is 3.18. The first-order chi connectivity index (χ1) is 4.75. The molecule has 0 bridgehead atoms. The monoisotopic (exact) mass is 254 g/mol. The fourth-order valence-corrected chi connectivity index (χ4v) is 0.397. The first-order valence-electron chi connectivity index (χ1n) is 2.30. The first kappa shape index (κ1) is 11.0. The summed E-state index contributed by atoms with van der Waals surface area (Å²) in [4.78, 5) is 10.0. The van der Waals surface area contributed by atoms with Crippen LogP contribution in [-0.4, -0.2) is 27.5 Å². The van der Waals surface area contributed by atoms with Gasteiger partial charge in [-0.15, -0.1) is 0 Å². The molecule has 0 saturated heterocycles. The molecule has 0 heterocycles. The standard InChI is InChI=1S/C4H3BrClF3O2/c5-4(6,2(10)11)3(8,9)1-7/h1H2,(H,10,11). The van der Waals surface area contributed by atoms with Gasteiger partial charge in [0, 0.05) is 0 Å². The molecular weight excluding hydrogens is 252 g/mol. The summed E-state index contributed by atoms with van der Waals surface area (Å²) in [6.45, 7) is -2.13. The molecule has 0 aromatic carbocycles. The maximum atomic E-state index is 12.2. The van der Waals surface area contributed by atoms with Crippen LogP contribution in [0.4, 0.5) is 13.2 Å². The number of carbonyl (C=O) groups is 1. The highest BCUT2D eigenvalue weighted by Gasteiger charge is 2.57. The topological polar surface area (TPSA) is 37.3 Å². The third kappa shape index (κ3) is 1.99. The lowest BCUT2D eigenvalue weighted by Crippen LogP contribution is -2.46. The molecule has 0 rings (SSSR count). The molecule has 0 spiro atoms. The average Bonchev–Trinajstić information content (AvgIpc) is 1.87. The van der Waals surface area contributed by atoms with Crippen LogP contribution in [-0.2, 0) is 4.79 Å². The Morgan fingerprint density at radius 1 is 1.64 bits per heavy atom. The summed E-state index contributed by atoms with van der Waals surface area (Å²) in [7, 11) is 0. The van der Waals surface area contributed by atoms with E-state index in [1.54, 1.807) is 0 Å². The van der Waals surface area contributed by atoms with Crippen LogP contribution in [0, 0.1) is 0 Å². The lowest BCUT2D eigenvalue weighted by molar-refractivity contribution is -0.146. The number of carboxylic acids is 1. The molecule has 0 amide bonds. The first-order valence-corrected chi connectivity index (χ1v) is 3.48. The smallest absolute Gasteiger partial charge is 0.342 e. The van der Waals surface area contributed by atoms with Gasteiger partial charge in [-0.25, -0.2) is 18.0 Å². The van der Waals surface area contributed by atoms with E-state index < -0.39 is 22.3 Å². The zero-order valence-electron chi connectivity index (χ0n) is 4.95. The molecule has 1 atom stereocenters. The van der Waals surface area contributed by atoms with E-state index in [9.17, 15) is 18.0 Å². The summed E-state index contributed by atoms with van der Waals surface area (Å²) >= 11 is 6.79. The second-order valence-electron chi connectivity index (χ2n) is 1.72. The van der Waals surface area contributed by atoms with Crippen molar-refractivity contribution >= 4 is 33.5 Å². The Labute approximate surface area is 73.5 Å². The number of carboxylic acid groups (broad SMARTS) is 1. The normalized spacial score (nSPS) is 17.5. The van der Waals surface area contributed by atoms with Crippen LogP contribution in [0.1, 0.15) is 0 Å². The van der Waals surface area contributed by atoms with E-state index in [0.717, 1.165) is 0 Å². The SMILES string of the molecule is O=C(O)C(Cl)(Br)C(F)(F)CF. The third-order valence-corrected chi connectivity index (χ3v) is 2.25. The Hall–Kier alpha value is 0.0300. The molecule has 0 radical (unpaired) electrons. The highest BCUT2D eigenvalue weighted by atomic mass is 79.9. The molecule has 1 N–H and O–H groups in total. The van der Waals surface area contributed by atoms with Gasteiger partial charge in [-0.05, 0) is 15.9 Å². The molecule has 7 heteroatoms. The van der Waals surface area contributed by atoms with Crippen LogP contribution >= 0.6 is 27.5 Å². The largest absolute Gasteiger partial charge is 0.479 e. The maximum absolute atomic E-state index is 12.2. The predicted octanol–water partition coefficient (Wildman–Crippen LogP) is 2.01. The van der Waals surface area contributed by atoms with Crippen molar-refractivity contribution in [2.45, 2.75) is 9.71 Å². The van der Waals surface area contributed by atoms with Gasteiger partial charge in [0.05, 0.1) is 0 Å². The molecule has 0 aliphatic carbocycles. The summed E-state index contributed by atoms with van der Waals surface area (Å²) in [6.07, 6.45) is 0. The van der Waals surface area contributed by atoms with Crippen molar-refractivity contribution in [3.05, 3.63) is 0 Å². The van der Waals surface area contributed by atoms with Crippen LogP contribution in [0.2, 0.25) is 0 Å². The minimum atomic E-state index is -4.12. The van der Waals surface area contributed by atoms with E-state index in [1.165, 1.54) is 0 Å². The molecule has 0 aliphatic rings. The molecule has 0 fully saturated rings. The molecule has 0 aromatic heterocycles. The van der Waals surface area contributed by atoms with E-state index in [4.69, 9.17) is 16.7 Å². The zero-order valence-corrected chi connectivity index (χ0v) is 7.29. The van der Waals surface area contributed by atoms with Gasteiger partial charge in [0.1, 0.15) is 0 Å². The summed E-state index contributed by atoms with van der Waals surface area (Å²) in [6, 6.07) is 0. The van der Waals surface area contributed by atoms with Crippen molar-refractivity contribution in [1.29, 1.82) is 0 Å². The van der Waals surface area contributed by atoms with Gasteiger partial charge in [0.15, 0.2) is 6.67 Å². The van der Waals surface area contributed by atoms with E-state index >= 15 is 0 Å². The molecule has 11 heavy (non-hydrogen) atoms. The summed E-state index contributed by atoms with van der Waals surface area (Å²) in [5.74, 6) is -6.15. The van der Waals surface area contributed by atoms with E-state index in [1.807, 2.05) is 15.9 Å². The second-order valence-corrected chi connectivity index (χ2v) is 3.93. The van der Waals surface area contributed by atoms with Gasteiger partial charge in [0.25, 0.3) is 3.78 Å². The van der Waals surface area contributed by atoms with Crippen molar-refractivity contribution in [2.75, 3.05) is 6.67 Å². The Balaban J connectivity index is 4.67. The quantitative estimate of drug-likeness (QED) is 0.783. The zero-order chi connectivity index (χ0) is 9.28. The number of hydrogen-bond donors (Lipinski definition) is 1. The maximum Gasteiger partial charge on any atom is 0.342 e. The van der Waals surface area contributed by atoms with Crippen molar-refractivity contribution in [1.82, 2.24) is 0 Å². The molecular formula is C4H3BrClF3O2. The van der Waals surface area contributed by atoms with Crippen molar-refractivity contribution < 1.29 is 23.1 Å². The number of hydrogen-bond acceptors (Lipinski definition) is 1. The van der Waals surface area contributed by atoms with E-state index in [-0.39, 0.29) is 0 Å². The van der Waals surface area contributed by atoms with Gasteiger partial charge in [-0.1, -0.05) is 11.6 Å². The van der Waals surface area contributed by atoms with Gasteiger partial charge < -0.3 is 5.11 Å². The molecule has 1 unspecified atom stereocenters. The molecule has 0 saturated carbocycles. The van der Waals surface area contributed by atoms with Crippen LogP contribution in [0.25, 0.3) is 0 Å². The van der Waals surface area contributed by atoms with Gasteiger partial charge in [0.2, 0.25) is 0 Å². The van der Waals surface area contributed by atoms with Crippen molar-refractivity contribution in [2.24, 2.45) is 0 Å². The van der Waals surface area contributed by atoms with E-state index in [0.29, 0.717) is 0 Å². The summed E-state index contributed by atoms with van der Waals surface area (Å²) < 4.78 is 32.9. The molecule has 0 aromatic rings. The third-order valence-electron chi connectivity index (χ3n) is 0.896. The Morgan fingerprint density at radius 3 is 2.09 bits per heavy atom. The van der Waals surface area contributed by atoms with Crippen molar-refractivity contribution in [3.8, 4) is 0 Å². The van der Waals surface area contributed by atoms with E-state index in [2.05, 4.69) is 0 Å². The average molecular weight is 255 g/mol. The van der Waals surface area contributed by atoms with Crippen LogP contribution in [0.3, 0.4) is 0 Å². The number of rotatable bonds is 3. The predicted molar refractivity (Wildman–Crippen MR) is 36.1 cm³/mol. The van der Waals surface area contributed by atoms with Gasteiger partial charge >= 0.3 is 11.9 Å². The van der Waals surface area contributed by atoms with Crippen LogP contribution < -0.4 is 0 Å². The highest BCUT2D eigenvalue weighted by molar-refractivity contribution is 9.10. The van der Waals surface area contributed by atoms with Crippen LogP contribution in [0.5, 0.6) is 0 Å². The summed E-state index contributed by atoms with van der Waals surface area (Å²) in [5.41, 5.74) is 0. The Morgan fingerprint density at radius 2 is 2.00 bits per heavy atom. The number of halogens is 5.